The highest BCUT2D eigenvalue weighted by atomic mass is 16.5. The van der Waals surface area contributed by atoms with E-state index in [1.807, 2.05) is 62.4 Å². The molecule has 0 radical (unpaired) electrons. The first-order valence-corrected chi connectivity index (χ1v) is 11.7. The van der Waals surface area contributed by atoms with E-state index < -0.39 is 29.6 Å². The third-order valence-corrected chi connectivity index (χ3v) is 5.93. The maximum atomic E-state index is 11.7. The zero-order chi connectivity index (χ0) is 26.2. The number of benzene rings is 2. The van der Waals surface area contributed by atoms with Crippen LogP contribution in [0.5, 0.6) is 0 Å². The standard InChI is InChI=1S/C29H36O6/c1-19(2)27(32)34-17-15-25(30)21-11-7-9-13-23(21)29(5,6)24-14-10-8-12-22(24)26(31)16-18-35-28(33)20(3)4/h7-14,25-26,30-31H,1,3,15-18H2,2,4-6H3. The van der Waals surface area contributed by atoms with Gasteiger partial charge in [-0.2, -0.15) is 0 Å². The number of esters is 2. The Morgan fingerprint density at radius 2 is 1.11 bits per heavy atom. The van der Waals surface area contributed by atoms with Gasteiger partial charge >= 0.3 is 11.9 Å². The van der Waals surface area contributed by atoms with E-state index in [0.717, 1.165) is 22.3 Å². The number of carbonyl (C=O) groups excluding carboxylic acids is 2. The topological polar surface area (TPSA) is 93.1 Å². The van der Waals surface area contributed by atoms with Gasteiger partial charge in [-0.25, -0.2) is 9.59 Å². The maximum Gasteiger partial charge on any atom is 0.333 e. The summed E-state index contributed by atoms with van der Waals surface area (Å²) in [6.45, 7) is 14.5. The van der Waals surface area contributed by atoms with Crippen molar-refractivity contribution in [1.82, 2.24) is 0 Å². The molecule has 2 aromatic rings. The first-order valence-electron chi connectivity index (χ1n) is 11.7. The summed E-state index contributed by atoms with van der Waals surface area (Å²) in [5.74, 6) is -0.967. The molecule has 0 aliphatic rings. The summed E-state index contributed by atoms with van der Waals surface area (Å²) in [5.41, 5.74) is 3.29. The Morgan fingerprint density at radius 1 is 0.771 bits per heavy atom. The van der Waals surface area contributed by atoms with Crippen LogP contribution in [-0.4, -0.2) is 35.4 Å². The second-order valence-corrected chi connectivity index (χ2v) is 9.24. The van der Waals surface area contributed by atoms with Crippen LogP contribution in [0.3, 0.4) is 0 Å². The summed E-state index contributed by atoms with van der Waals surface area (Å²) < 4.78 is 10.3. The lowest BCUT2D eigenvalue weighted by molar-refractivity contribution is -0.140. The van der Waals surface area contributed by atoms with Crippen LogP contribution in [0.1, 0.15) is 75.0 Å². The molecule has 0 aliphatic carbocycles. The van der Waals surface area contributed by atoms with Crippen LogP contribution in [0.2, 0.25) is 0 Å². The van der Waals surface area contributed by atoms with Crippen molar-refractivity contribution < 1.29 is 29.3 Å². The fourth-order valence-electron chi connectivity index (χ4n) is 3.94. The van der Waals surface area contributed by atoms with E-state index in [4.69, 9.17) is 9.47 Å². The molecular formula is C29H36O6. The Hall–Kier alpha value is -3.22. The Balaban J connectivity index is 2.27. The second kappa shape index (κ2) is 12.5. The molecule has 6 heteroatoms. The van der Waals surface area contributed by atoms with Crippen LogP contribution in [-0.2, 0) is 24.5 Å². The van der Waals surface area contributed by atoms with Gasteiger partial charge in [0, 0.05) is 29.4 Å². The van der Waals surface area contributed by atoms with Crippen LogP contribution in [0.15, 0.2) is 72.8 Å². The first-order chi connectivity index (χ1) is 16.5. The minimum Gasteiger partial charge on any atom is -0.462 e. The van der Waals surface area contributed by atoms with E-state index in [0.29, 0.717) is 11.1 Å². The molecule has 2 rings (SSSR count). The number of aliphatic hydroxyl groups excluding tert-OH is 2. The van der Waals surface area contributed by atoms with E-state index in [2.05, 4.69) is 13.2 Å². The zero-order valence-corrected chi connectivity index (χ0v) is 21.0. The molecule has 0 aromatic heterocycles. The summed E-state index contributed by atoms with van der Waals surface area (Å²) in [4.78, 5) is 23.3. The van der Waals surface area contributed by atoms with Gasteiger partial charge in [0.1, 0.15) is 0 Å². The average molecular weight is 481 g/mol. The molecule has 6 nitrogen and oxygen atoms in total. The Kier molecular flexibility index (Phi) is 9.99. The molecule has 2 atom stereocenters. The second-order valence-electron chi connectivity index (χ2n) is 9.24. The third kappa shape index (κ3) is 7.38. The summed E-state index contributed by atoms with van der Waals surface area (Å²) in [5, 5.41) is 21.9. The van der Waals surface area contributed by atoms with Crippen molar-refractivity contribution >= 4 is 11.9 Å². The smallest absolute Gasteiger partial charge is 0.333 e. The first kappa shape index (κ1) is 28.0. The summed E-state index contributed by atoms with van der Waals surface area (Å²) in [6, 6.07) is 15.2. The number of carbonyl (C=O) groups is 2. The predicted octanol–water partition coefficient (Wildman–Crippen LogP) is 5.10. The Labute approximate surface area is 207 Å². The molecular weight excluding hydrogens is 444 g/mol. The molecule has 0 saturated carbocycles. The van der Waals surface area contributed by atoms with Gasteiger partial charge in [-0.05, 0) is 36.1 Å². The minimum absolute atomic E-state index is 0.0693. The zero-order valence-electron chi connectivity index (χ0n) is 21.0. The number of ether oxygens (including phenoxy) is 2. The van der Waals surface area contributed by atoms with Gasteiger partial charge in [0.25, 0.3) is 0 Å². The van der Waals surface area contributed by atoms with Crippen molar-refractivity contribution in [2.24, 2.45) is 0 Å². The van der Waals surface area contributed by atoms with Crippen LogP contribution >= 0.6 is 0 Å². The van der Waals surface area contributed by atoms with Gasteiger partial charge in [0.05, 0.1) is 25.4 Å². The van der Waals surface area contributed by atoms with Crippen molar-refractivity contribution in [3.63, 3.8) is 0 Å². The largest absolute Gasteiger partial charge is 0.462 e. The molecule has 0 heterocycles. The Bertz CT molecular complexity index is 985. The summed E-state index contributed by atoms with van der Waals surface area (Å²) in [7, 11) is 0. The quantitative estimate of drug-likeness (QED) is 0.324. The maximum absolute atomic E-state index is 11.7. The van der Waals surface area contributed by atoms with Crippen LogP contribution in [0, 0.1) is 0 Å². The molecule has 0 aliphatic heterocycles. The van der Waals surface area contributed by atoms with Gasteiger partial charge < -0.3 is 19.7 Å². The highest BCUT2D eigenvalue weighted by Gasteiger charge is 2.31. The lowest BCUT2D eigenvalue weighted by Gasteiger charge is -2.33. The third-order valence-electron chi connectivity index (χ3n) is 5.93. The van der Waals surface area contributed by atoms with E-state index in [-0.39, 0.29) is 26.1 Å². The normalized spacial score (nSPS) is 13.0. The molecule has 188 valence electrons. The lowest BCUT2D eigenvalue weighted by Crippen LogP contribution is -2.25. The summed E-state index contributed by atoms with van der Waals surface area (Å²) >= 11 is 0. The van der Waals surface area contributed by atoms with Crippen molar-refractivity contribution in [3.8, 4) is 0 Å². The van der Waals surface area contributed by atoms with E-state index >= 15 is 0 Å². The van der Waals surface area contributed by atoms with Gasteiger partial charge in [0.2, 0.25) is 0 Å². The van der Waals surface area contributed by atoms with Crippen LogP contribution < -0.4 is 0 Å². The number of rotatable bonds is 12. The van der Waals surface area contributed by atoms with E-state index in [1.165, 1.54) is 0 Å². The van der Waals surface area contributed by atoms with Crippen LogP contribution in [0.4, 0.5) is 0 Å². The highest BCUT2D eigenvalue weighted by Crippen LogP contribution is 2.40. The Morgan fingerprint density at radius 3 is 1.46 bits per heavy atom. The SMILES string of the molecule is C=C(C)C(=O)OCCC(O)c1ccccc1C(C)(C)c1ccccc1C(O)CCOC(=O)C(=C)C. The predicted molar refractivity (Wildman–Crippen MR) is 136 cm³/mol. The minimum atomic E-state index is -0.845. The van der Waals surface area contributed by atoms with Crippen molar-refractivity contribution in [3.05, 3.63) is 95.1 Å². The van der Waals surface area contributed by atoms with Gasteiger partial charge in [0.15, 0.2) is 0 Å². The molecule has 0 spiro atoms. The fraction of sp³-hybridized carbons (Fsp3) is 0.379. The molecule has 0 bridgehead atoms. The molecule has 0 saturated heterocycles. The van der Waals surface area contributed by atoms with Crippen molar-refractivity contribution in [1.29, 1.82) is 0 Å². The molecule has 0 fully saturated rings. The van der Waals surface area contributed by atoms with Crippen molar-refractivity contribution in [2.45, 2.75) is 58.2 Å². The molecule has 0 amide bonds. The van der Waals surface area contributed by atoms with Gasteiger partial charge in [-0.1, -0.05) is 75.5 Å². The number of aliphatic hydroxyl groups is 2. The number of hydrogen-bond donors (Lipinski definition) is 2. The molecule has 2 unspecified atom stereocenters. The molecule has 35 heavy (non-hydrogen) atoms. The van der Waals surface area contributed by atoms with Crippen LogP contribution in [0.25, 0.3) is 0 Å². The lowest BCUT2D eigenvalue weighted by atomic mass is 9.72. The van der Waals surface area contributed by atoms with Crippen molar-refractivity contribution in [2.75, 3.05) is 13.2 Å². The monoisotopic (exact) mass is 480 g/mol. The average Bonchev–Trinajstić information content (AvgIpc) is 2.83. The summed E-state index contributed by atoms with van der Waals surface area (Å²) in [6.07, 6.45) is -1.21. The van der Waals surface area contributed by atoms with E-state index in [9.17, 15) is 19.8 Å². The van der Waals surface area contributed by atoms with E-state index in [1.54, 1.807) is 13.8 Å². The highest BCUT2D eigenvalue weighted by molar-refractivity contribution is 5.87. The molecule has 2 aromatic carbocycles. The van der Waals surface area contributed by atoms with Gasteiger partial charge in [-0.3, -0.25) is 0 Å². The number of hydrogen-bond acceptors (Lipinski definition) is 6. The van der Waals surface area contributed by atoms with Gasteiger partial charge in [-0.15, -0.1) is 0 Å². The fourth-order valence-corrected chi connectivity index (χ4v) is 3.94. The molecule has 2 N–H and O–H groups in total.